The van der Waals surface area contributed by atoms with Crippen LogP contribution >= 0.6 is 0 Å². The lowest BCUT2D eigenvalue weighted by Crippen LogP contribution is -2.39. The van der Waals surface area contributed by atoms with E-state index in [-0.39, 0.29) is 5.91 Å². The molecule has 0 aromatic carbocycles. The van der Waals surface area contributed by atoms with Gasteiger partial charge in [-0.3, -0.25) is 9.78 Å². The van der Waals surface area contributed by atoms with Gasteiger partial charge in [0, 0.05) is 63.1 Å². The molecule has 1 amide bonds. The molecule has 144 valence electrons. The number of hydrogen-bond donors (Lipinski definition) is 0. The lowest BCUT2D eigenvalue weighted by Gasteiger charge is -2.33. The Hall–Kier alpha value is -2.21. The second kappa shape index (κ2) is 8.21. The van der Waals surface area contributed by atoms with Crippen LogP contribution in [0.4, 0.5) is 0 Å². The van der Waals surface area contributed by atoms with Gasteiger partial charge in [0.15, 0.2) is 0 Å². The predicted molar refractivity (Wildman–Crippen MR) is 103 cm³/mol. The Balaban J connectivity index is 1.37. The van der Waals surface area contributed by atoms with Crippen molar-refractivity contribution in [2.24, 2.45) is 5.92 Å². The number of aryl methyl sites for hydroxylation is 1. The van der Waals surface area contributed by atoms with Gasteiger partial charge < -0.3 is 14.2 Å². The number of aromatic nitrogens is 3. The molecule has 2 saturated heterocycles. The van der Waals surface area contributed by atoms with Gasteiger partial charge in [-0.25, -0.2) is 4.98 Å². The fraction of sp³-hybridized carbons (Fsp3) is 0.571. The summed E-state index contributed by atoms with van der Waals surface area (Å²) in [7, 11) is 0. The highest BCUT2D eigenvalue weighted by Gasteiger charge is 2.27. The van der Waals surface area contributed by atoms with Gasteiger partial charge in [0.05, 0.1) is 5.56 Å². The summed E-state index contributed by atoms with van der Waals surface area (Å²) in [6.45, 7) is 6.47. The van der Waals surface area contributed by atoms with Gasteiger partial charge in [0.1, 0.15) is 5.82 Å². The minimum absolute atomic E-state index is 0.100. The van der Waals surface area contributed by atoms with Gasteiger partial charge in [-0.05, 0) is 50.7 Å². The van der Waals surface area contributed by atoms with Gasteiger partial charge in [-0.2, -0.15) is 0 Å². The number of likely N-dealkylation sites (tertiary alicyclic amines) is 1. The maximum Gasteiger partial charge on any atom is 0.255 e. The van der Waals surface area contributed by atoms with Crippen LogP contribution in [0.25, 0.3) is 0 Å². The summed E-state index contributed by atoms with van der Waals surface area (Å²) < 4.78 is 7.93. The fourth-order valence-corrected chi connectivity index (χ4v) is 4.25. The Labute approximate surface area is 160 Å². The molecule has 0 saturated carbocycles. The lowest BCUT2D eigenvalue weighted by molar-refractivity contribution is 0.0679. The first-order valence-corrected chi connectivity index (χ1v) is 10.0. The van der Waals surface area contributed by atoms with E-state index in [1.165, 1.54) is 11.5 Å². The maximum atomic E-state index is 12.6. The highest BCUT2D eigenvalue weighted by Crippen LogP contribution is 2.29. The van der Waals surface area contributed by atoms with Crippen molar-refractivity contribution in [3.05, 3.63) is 47.8 Å². The Morgan fingerprint density at radius 1 is 1.19 bits per heavy atom. The summed E-state index contributed by atoms with van der Waals surface area (Å²) in [6.07, 6.45) is 9.57. The molecule has 0 bridgehead atoms. The molecule has 0 atom stereocenters. The van der Waals surface area contributed by atoms with Gasteiger partial charge in [-0.1, -0.05) is 0 Å². The van der Waals surface area contributed by atoms with Crippen molar-refractivity contribution in [1.82, 2.24) is 19.4 Å². The highest BCUT2D eigenvalue weighted by molar-refractivity contribution is 5.93. The molecule has 0 spiro atoms. The molecule has 2 aromatic rings. The van der Waals surface area contributed by atoms with E-state index < -0.39 is 0 Å². The van der Waals surface area contributed by atoms with Gasteiger partial charge >= 0.3 is 0 Å². The summed E-state index contributed by atoms with van der Waals surface area (Å²) in [5.74, 6) is 2.43. The molecule has 2 aliphatic rings. The van der Waals surface area contributed by atoms with Crippen LogP contribution in [0.2, 0.25) is 0 Å². The van der Waals surface area contributed by atoms with E-state index in [0.29, 0.717) is 17.4 Å². The van der Waals surface area contributed by atoms with Crippen LogP contribution in [0.3, 0.4) is 0 Å². The number of hydrogen-bond acceptors (Lipinski definition) is 4. The van der Waals surface area contributed by atoms with Crippen LogP contribution in [0.5, 0.6) is 0 Å². The molecular formula is C21H28N4O2. The molecule has 2 aromatic heterocycles. The number of imidazole rings is 1. The average molecular weight is 368 g/mol. The van der Waals surface area contributed by atoms with Gasteiger partial charge in [-0.15, -0.1) is 0 Å². The van der Waals surface area contributed by atoms with Crippen molar-refractivity contribution in [2.75, 3.05) is 26.3 Å². The topological polar surface area (TPSA) is 60.2 Å². The van der Waals surface area contributed by atoms with Crippen LogP contribution in [-0.2, 0) is 11.3 Å². The van der Waals surface area contributed by atoms with Crippen LogP contribution in [0.15, 0.2) is 30.7 Å². The molecule has 0 N–H and O–H groups in total. The molecule has 6 nitrogen and oxygen atoms in total. The second-order valence-corrected chi connectivity index (χ2v) is 7.73. The molecule has 2 fully saturated rings. The molecule has 0 aliphatic carbocycles. The predicted octanol–water partition coefficient (Wildman–Crippen LogP) is 3.03. The zero-order valence-corrected chi connectivity index (χ0v) is 16.0. The fourth-order valence-electron chi connectivity index (χ4n) is 4.25. The smallest absolute Gasteiger partial charge is 0.255 e. The van der Waals surface area contributed by atoms with Crippen LogP contribution in [0.1, 0.15) is 53.5 Å². The van der Waals surface area contributed by atoms with Crippen LogP contribution < -0.4 is 0 Å². The quantitative estimate of drug-likeness (QED) is 0.832. The third-order valence-corrected chi connectivity index (χ3v) is 5.92. The SMILES string of the molecule is Cc1cnc(C2CCOCC2)n1CC1CCN(C(=O)c2cccnc2)CC1. The van der Waals surface area contributed by atoms with Crippen molar-refractivity contribution in [3.63, 3.8) is 0 Å². The number of piperidine rings is 1. The number of ether oxygens (including phenoxy) is 1. The Morgan fingerprint density at radius 2 is 1.96 bits per heavy atom. The first-order chi connectivity index (χ1) is 13.2. The standard InChI is InChI=1S/C21H28N4O2/c1-16-13-23-20(18-6-11-27-12-7-18)25(16)15-17-4-9-24(10-5-17)21(26)19-3-2-8-22-14-19/h2-3,8,13-14,17-18H,4-7,9-12,15H2,1H3. The van der Waals surface area contributed by atoms with Gasteiger partial charge in [0.2, 0.25) is 0 Å². The summed E-state index contributed by atoms with van der Waals surface area (Å²) >= 11 is 0. The lowest BCUT2D eigenvalue weighted by atomic mass is 9.95. The third kappa shape index (κ3) is 4.05. The Kier molecular flexibility index (Phi) is 5.53. The van der Waals surface area contributed by atoms with E-state index in [2.05, 4.69) is 16.5 Å². The van der Waals surface area contributed by atoms with Crippen LogP contribution in [0, 0.1) is 12.8 Å². The normalized spacial score (nSPS) is 19.4. The largest absolute Gasteiger partial charge is 0.381 e. The molecule has 6 heteroatoms. The van der Waals surface area contributed by atoms with E-state index in [1.807, 2.05) is 23.2 Å². The number of rotatable bonds is 4. The average Bonchev–Trinajstić information content (AvgIpc) is 3.09. The first kappa shape index (κ1) is 18.2. The number of carbonyl (C=O) groups excluding carboxylic acids is 1. The maximum absolute atomic E-state index is 12.6. The third-order valence-electron chi connectivity index (χ3n) is 5.92. The molecule has 4 rings (SSSR count). The summed E-state index contributed by atoms with van der Waals surface area (Å²) in [5.41, 5.74) is 1.92. The second-order valence-electron chi connectivity index (χ2n) is 7.73. The number of pyridine rings is 1. The number of carbonyl (C=O) groups is 1. The van der Waals surface area contributed by atoms with E-state index >= 15 is 0 Å². The van der Waals surface area contributed by atoms with Crippen molar-refractivity contribution in [1.29, 1.82) is 0 Å². The molecule has 4 heterocycles. The zero-order chi connectivity index (χ0) is 18.6. The zero-order valence-electron chi connectivity index (χ0n) is 16.0. The van der Waals surface area contributed by atoms with Crippen molar-refractivity contribution in [2.45, 2.75) is 45.1 Å². The number of amides is 1. The van der Waals surface area contributed by atoms with E-state index in [9.17, 15) is 4.79 Å². The molecule has 2 aliphatic heterocycles. The van der Waals surface area contributed by atoms with Crippen LogP contribution in [-0.4, -0.2) is 51.6 Å². The summed E-state index contributed by atoms with van der Waals surface area (Å²) in [5, 5.41) is 0. The number of nitrogens with zero attached hydrogens (tertiary/aromatic N) is 4. The molecule has 27 heavy (non-hydrogen) atoms. The van der Waals surface area contributed by atoms with Crippen molar-refractivity contribution < 1.29 is 9.53 Å². The van der Waals surface area contributed by atoms with Crippen molar-refractivity contribution in [3.8, 4) is 0 Å². The molecular weight excluding hydrogens is 340 g/mol. The Bertz CT molecular complexity index is 760. The minimum Gasteiger partial charge on any atom is -0.381 e. The van der Waals surface area contributed by atoms with Crippen molar-refractivity contribution >= 4 is 5.91 Å². The minimum atomic E-state index is 0.100. The Morgan fingerprint density at radius 3 is 2.67 bits per heavy atom. The molecule has 0 radical (unpaired) electrons. The summed E-state index contributed by atoms with van der Waals surface area (Å²) in [6, 6.07) is 3.66. The summed E-state index contributed by atoms with van der Waals surface area (Å²) in [4.78, 5) is 23.3. The van der Waals surface area contributed by atoms with E-state index in [4.69, 9.17) is 9.72 Å². The molecule has 0 unspecified atom stereocenters. The highest BCUT2D eigenvalue weighted by atomic mass is 16.5. The van der Waals surface area contributed by atoms with E-state index in [0.717, 1.165) is 58.5 Å². The van der Waals surface area contributed by atoms with E-state index in [1.54, 1.807) is 12.4 Å². The van der Waals surface area contributed by atoms with Gasteiger partial charge in [0.25, 0.3) is 5.91 Å². The monoisotopic (exact) mass is 368 g/mol. The first-order valence-electron chi connectivity index (χ1n) is 10.0.